The predicted molar refractivity (Wildman–Crippen MR) is 223 cm³/mol. The molecule has 0 saturated heterocycles. The molecule has 4 atom stereocenters. The van der Waals surface area contributed by atoms with Crippen molar-refractivity contribution < 1.29 is 19.2 Å². The summed E-state index contributed by atoms with van der Waals surface area (Å²) < 4.78 is 0. The molecule has 0 amide bonds. The Bertz CT molecular complexity index is 1560. The molecule has 2 aliphatic rings. The fraction of sp³-hybridized carbons (Fsp3) is 0.660. The minimum Gasteiger partial charge on any atom is -0.300 e. The maximum Gasteiger partial charge on any atom is 0.137 e. The Balaban J connectivity index is 1.19. The molecule has 0 bridgehead atoms. The van der Waals surface area contributed by atoms with Gasteiger partial charge in [0.05, 0.1) is 0 Å². The number of ketones is 4. The Morgan fingerprint density at radius 1 is 0.604 bits per heavy atom. The maximum atomic E-state index is 13.1. The van der Waals surface area contributed by atoms with Gasteiger partial charge in [0.25, 0.3) is 0 Å². The van der Waals surface area contributed by atoms with Crippen molar-refractivity contribution in [2.24, 2.45) is 39.4 Å². The summed E-state index contributed by atoms with van der Waals surface area (Å²) in [4.78, 5) is 53.2. The van der Waals surface area contributed by atoms with Crippen LogP contribution in [0.25, 0.3) is 0 Å². The Hall–Kier alpha value is -2.18. The van der Waals surface area contributed by atoms with E-state index in [0.29, 0.717) is 79.9 Å². The molecule has 4 rings (SSSR count). The topological polar surface area (TPSA) is 68.3 Å². The second-order valence-electron chi connectivity index (χ2n) is 19.7. The molecule has 6 heteroatoms. The van der Waals surface area contributed by atoms with Crippen molar-refractivity contribution in [1.82, 2.24) is 0 Å². The van der Waals surface area contributed by atoms with Gasteiger partial charge in [0, 0.05) is 60.7 Å². The molecule has 0 heterocycles. The van der Waals surface area contributed by atoms with Gasteiger partial charge in [-0.1, -0.05) is 108 Å². The molecule has 0 spiro atoms. The molecule has 4 unspecified atom stereocenters. The minimum absolute atomic E-state index is 0.0883. The molecule has 2 fully saturated rings. The largest absolute Gasteiger partial charge is 0.300 e. The molecule has 4 nitrogen and oxygen atoms in total. The van der Waals surface area contributed by atoms with Gasteiger partial charge in [-0.3, -0.25) is 19.2 Å². The van der Waals surface area contributed by atoms with Crippen molar-refractivity contribution in [3.05, 3.63) is 59.7 Å². The van der Waals surface area contributed by atoms with E-state index < -0.39 is 0 Å². The number of hydrogen-bond donors (Lipinski definition) is 0. The third-order valence-corrected chi connectivity index (χ3v) is 14.4. The van der Waals surface area contributed by atoms with Gasteiger partial charge in [-0.2, -0.15) is 0 Å². The molecule has 2 saturated carbocycles. The Morgan fingerprint density at radius 2 is 1.00 bits per heavy atom. The van der Waals surface area contributed by atoms with Crippen molar-refractivity contribution in [2.75, 3.05) is 0 Å². The van der Waals surface area contributed by atoms with Gasteiger partial charge in [-0.05, 0) is 120 Å². The molecule has 2 aromatic carbocycles. The van der Waals surface area contributed by atoms with Gasteiger partial charge in [0.15, 0.2) is 0 Å². The van der Waals surface area contributed by atoms with E-state index in [1.807, 2.05) is 20.8 Å². The summed E-state index contributed by atoms with van der Waals surface area (Å²) in [5.41, 5.74) is 2.71. The van der Waals surface area contributed by atoms with Crippen molar-refractivity contribution in [2.45, 2.75) is 168 Å². The average Bonchev–Trinajstić information content (AvgIpc) is 3.05. The highest BCUT2D eigenvalue weighted by Crippen LogP contribution is 2.53. The van der Waals surface area contributed by atoms with Crippen LogP contribution in [0.15, 0.2) is 58.3 Å². The van der Waals surface area contributed by atoms with Crippen LogP contribution in [0.2, 0.25) is 0 Å². The summed E-state index contributed by atoms with van der Waals surface area (Å²) >= 11 is 0. The van der Waals surface area contributed by atoms with E-state index in [4.69, 9.17) is 0 Å². The van der Waals surface area contributed by atoms with Gasteiger partial charge in [-0.15, -0.1) is 0 Å². The first-order valence-electron chi connectivity index (χ1n) is 20.4. The van der Waals surface area contributed by atoms with Crippen molar-refractivity contribution in [3.63, 3.8) is 0 Å². The highest BCUT2D eigenvalue weighted by atomic mass is 33.1. The first-order chi connectivity index (χ1) is 24.7. The first kappa shape index (κ1) is 43.5. The summed E-state index contributed by atoms with van der Waals surface area (Å²) in [6.07, 6.45) is 12.3. The Morgan fingerprint density at radius 3 is 1.38 bits per heavy atom. The van der Waals surface area contributed by atoms with Crippen LogP contribution in [-0.4, -0.2) is 23.1 Å². The minimum atomic E-state index is 0.0883. The molecule has 2 aromatic rings. The zero-order valence-corrected chi connectivity index (χ0v) is 36.0. The van der Waals surface area contributed by atoms with Crippen LogP contribution in [0, 0.1) is 39.4 Å². The average molecular weight is 761 g/mol. The molecule has 2 aliphatic carbocycles. The summed E-state index contributed by atoms with van der Waals surface area (Å²) in [6.45, 7) is 19.9. The molecule has 0 radical (unpaired) electrons. The molecular formula is C47H68O4S2. The molecule has 292 valence electrons. The van der Waals surface area contributed by atoms with E-state index in [0.717, 1.165) is 72.3 Å². The molecule has 53 heavy (non-hydrogen) atoms. The summed E-state index contributed by atoms with van der Waals surface area (Å²) in [7, 11) is 3.41. The van der Waals surface area contributed by atoms with E-state index in [9.17, 15) is 19.2 Å². The van der Waals surface area contributed by atoms with Crippen LogP contribution in [-0.2, 0) is 32.0 Å². The SMILES string of the molecule is CCC(=O)CC1CC(C)(C)CC(C)(CCC(=O)Cc2ccc(SSc3ccc(CC(=O)CCC4(C)CC(CC(=O)C(C)C)CC(C)(C)C4)cc3)cc2)C1. The van der Waals surface area contributed by atoms with E-state index in [1.54, 1.807) is 21.6 Å². The lowest BCUT2D eigenvalue weighted by Crippen LogP contribution is -2.37. The molecular weight excluding hydrogens is 693 g/mol. The van der Waals surface area contributed by atoms with Crippen molar-refractivity contribution in [1.29, 1.82) is 0 Å². The monoisotopic (exact) mass is 760 g/mol. The zero-order valence-electron chi connectivity index (χ0n) is 34.4. The number of benzene rings is 2. The number of hydrogen-bond acceptors (Lipinski definition) is 6. The summed E-state index contributed by atoms with van der Waals surface area (Å²) in [6, 6.07) is 16.7. The zero-order chi connectivity index (χ0) is 39.0. The van der Waals surface area contributed by atoms with Gasteiger partial charge in [0.2, 0.25) is 0 Å². The van der Waals surface area contributed by atoms with Crippen LogP contribution in [0.4, 0.5) is 0 Å². The normalized spacial score (nSPS) is 25.2. The standard InChI is InChI=1S/C47H68O4S2/c1-10-38(48)25-36-27-44(4,5)31-46(8,29-36)21-19-39(49)23-34-11-15-41(16-12-34)52-53-42-17-13-35(14-18-42)24-40(50)20-22-47(9)30-37(26-43(51)33(2)3)28-45(6,7)32-47/h11-18,33,36-37H,10,19-32H2,1-9H3. The fourth-order valence-corrected chi connectivity index (χ4v) is 12.2. The predicted octanol–water partition coefficient (Wildman–Crippen LogP) is 12.9. The fourth-order valence-electron chi connectivity index (χ4n) is 10.3. The number of rotatable bonds is 19. The maximum absolute atomic E-state index is 13.1. The highest BCUT2D eigenvalue weighted by molar-refractivity contribution is 8.76. The second kappa shape index (κ2) is 18.6. The van der Waals surface area contributed by atoms with Crippen LogP contribution in [0.1, 0.15) is 157 Å². The van der Waals surface area contributed by atoms with Gasteiger partial charge < -0.3 is 0 Å². The van der Waals surface area contributed by atoms with Crippen LogP contribution in [0.5, 0.6) is 0 Å². The van der Waals surface area contributed by atoms with Gasteiger partial charge in [0.1, 0.15) is 23.1 Å². The van der Waals surface area contributed by atoms with Crippen molar-refractivity contribution >= 4 is 44.7 Å². The van der Waals surface area contributed by atoms with E-state index in [1.165, 1.54) is 0 Å². The molecule has 0 aliphatic heterocycles. The number of Topliss-reactive ketones (excluding diaryl/α,β-unsaturated/α-hetero) is 4. The smallest absolute Gasteiger partial charge is 0.137 e. The van der Waals surface area contributed by atoms with Crippen molar-refractivity contribution in [3.8, 4) is 0 Å². The van der Waals surface area contributed by atoms with Crippen LogP contribution < -0.4 is 0 Å². The summed E-state index contributed by atoms with van der Waals surface area (Å²) in [5.74, 6) is 2.24. The third kappa shape index (κ3) is 14.4. The number of carbonyl (C=O) groups is 4. The highest BCUT2D eigenvalue weighted by Gasteiger charge is 2.43. The van der Waals surface area contributed by atoms with Gasteiger partial charge >= 0.3 is 0 Å². The lowest BCUT2D eigenvalue weighted by molar-refractivity contribution is -0.124. The number of carbonyl (C=O) groups excluding carboxylic acids is 4. The van der Waals surface area contributed by atoms with Crippen LogP contribution >= 0.6 is 21.6 Å². The third-order valence-electron chi connectivity index (χ3n) is 12.0. The first-order valence-corrected chi connectivity index (χ1v) is 22.5. The molecule has 0 aromatic heterocycles. The lowest BCUT2D eigenvalue weighted by atomic mass is 9.58. The summed E-state index contributed by atoms with van der Waals surface area (Å²) in [5, 5.41) is 0. The Kier molecular flexibility index (Phi) is 15.3. The van der Waals surface area contributed by atoms with E-state index in [2.05, 4.69) is 90.1 Å². The quantitative estimate of drug-likeness (QED) is 0.133. The lowest BCUT2D eigenvalue weighted by Gasteiger charge is -2.47. The van der Waals surface area contributed by atoms with Gasteiger partial charge in [-0.25, -0.2) is 0 Å². The van der Waals surface area contributed by atoms with E-state index in [-0.39, 0.29) is 27.6 Å². The van der Waals surface area contributed by atoms with Crippen LogP contribution in [0.3, 0.4) is 0 Å². The second-order valence-corrected chi connectivity index (χ2v) is 21.9. The van der Waals surface area contributed by atoms with E-state index >= 15 is 0 Å². The Labute approximate surface area is 330 Å². The molecule has 0 N–H and O–H groups in total.